The average Bonchev–Trinajstić information content (AvgIpc) is 3.03. The number of hydrogen-bond acceptors (Lipinski definition) is 6. The molecule has 0 saturated heterocycles. The Morgan fingerprint density at radius 2 is 1.85 bits per heavy atom. The number of hydrogen-bond donors (Lipinski definition) is 1. The molecular weight excluding hydrogens is 382 g/mol. The molecule has 0 atom stereocenters. The van der Waals surface area contributed by atoms with Crippen LogP contribution in [0.25, 0.3) is 10.2 Å². The van der Waals surface area contributed by atoms with Gasteiger partial charge in [-0.15, -0.1) is 0 Å². The minimum absolute atomic E-state index is 0.0555. The molecule has 0 unspecified atom stereocenters. The average molecular weight is 404 g/mol. The van der Waals surface area contributed by atoms with E-state index in [1.54, 1.807) is 31.2 Å². The molecule has 2 aromatic carbocycles. The van der Waals surface area contributed by atoms with Gasteiger partial charge in [0.15, 0.2) is 15.0 Å². The summed E-state index contributed by atoms with van der Waals surface area (Å²) < 4.78 is 24.7. The molecule has 0 bridgehead atoms. The number of fused-ring (bicyclic) bond motifs is 1. The molecule has 0 saturated carbocycles. The van der Waals surface area contributed by atoms with E-state index in [2.05, 4.69) is 10.3 Å². The fraction of sp³-hybridized carbons (Fsp3) is 0.263. The molecule has 27 heavy (non-hydrogen) atoms. The van der Waals surface area contributed by atoms with Crippen LogP contribution >= 0.6 is 11.3 Å². The van der Waals surface area contributed by atoms with Gasteiger partial charge in [-0.25, -0.2) is 13.4 Å². The number of nitrogens with zero attached hydrogens (tertiary/aromatic N) is 2. The summed E-state index contributed by atoms with van der Waals surface area (Å²) in [6.45, 7) is 1.61. The number of benzene rings is 2. The van der Waals surface area contributed by atoms with Gasteiger partial charge in [-0.2, -0.15) is 0 Å². The van der Waals surface area contributed by atoms with Crippen LogP contribution in [-0.2, 0) is 21.1 Å². The summed E-state index contributed by atoms with van der Waals surface area (Å²) in [4.78, 5) is 19.1. The monoisotopic (exact) mass is 403 g/mol. The summed E-state index contributed by atoms with van der Waals surface area (Å²) in [7, 11) is 0.702. The molecule has 3 aromatic rings. The highest BCUT2D eigenvalue weighted by atomic mass is 32.2. The quantitative estimate of drug-likeness (QED) is 0.683. The zero-order valence-electron chi connectivity index (χ0n) is 15.4. The Kier molecular flexibility index (Phi) is 5.48. The normalized spacial score (nSPS) is 11.5. The maximum Gasteiger partial charge on any atom is 0.230 e. The number of anilines is 2. The SMILES string of the molecule is CCS(=O)(=O)c1ccc(CC(=O)Nc2nc3cc(N(C)C)ccc3s2)cc1. The Labute approximate surface area is 162 Å². The van der Waals surface area contributed by atoms with Crippen LogP contribution in [0.15, 0.2) is 47.4 Å². The summed E-state index contributed by atoms with van der Waals surface area (Å²) in [5, 5.41) is 3.37. The molecule has 1 heterocycles. The van der Waals surface area contributed by atoms with Gasteiger partial charge >= 0.3 is 0 Å². The standard InChI is InChI=1S/C19H21N3O3S2/c1-4-27(24,25)15-8-5-13(6-9-15)11-18(23)21-19-20-16-12-14(22(2)3)7-10-17(16)26-19/h5-10,12H,4,11H2,1-3H3,(H,20,21,23). The fourth-order valence-corrected chi connectivity index (χ4v) is 4.32. The molecular formula is C19H21N3O3S2. The van der Waals surface area contributed by atoms with E-state index in [0.717, 1.165) is 21.5 Å². The minimum atomic E-state index is -3.23. The summed E-state index contributed by atoms with van der Waals surface area (Å²) in [6, 6.07) is 12.4. The van der Waals surface area contributed by atoms with Crippen molar-refractivity contribution in [3.05, 3.63) is 48.0 Å². The van der Waals surface area contributed by atoms with E-state index in [0.29, 0.717) is 5.13 Å². The Bertz CT molecular complexity index is 1070. The largest absolute Gasteiger partial charge is 0.378 e. The highest BCUT2D eigenvalue weighted by Crippen LogP contribution is 2.29. The number of sulfone groups is 1. The Morgan fingerprint density at radius 3 is 2.48 bits per heavy atom. The van der Waals surface area contributed by atoms with E-state index >= 15 is 0 Å². The summed E-state index contributed by atoms with van der Waals surface area (Å²) in [5.41, 5.74) is 2.64. The lowest BCUT2D eigenvalue weighted by Gasteiger charge is -2.11. The highest BCUT2D eigenvalue weighted by Gasteiger charge is 2.13. The van der Waals surface area contributed by atoms with Crippen LogP contribution in [0.2, 0.25) is 0 Å². The van der Waals surface area contributed by atoms with Crippen molar-refractivity contribution in [1.29, 1.82) is 0 Å². The van der Waals surface area contributed by atoms with E-state index in [-0.39, 0.29) is 23.0 Å². The van der Waals surface area contributed by atoms with Crippen LogP contribution < -0.4 is 10.2 Å². The van der Waals surface area contributed by atoms with Crippen LogP contribution in [-0.4, -0.2) is 39.2 Å². The van der Waals surface area contributed by atoms with Crippen molar-refractivity contribution in [1.82, 2.24) is 4.98 Å². The number of aromatic nitrogens is 1. The van der Waals surface area contributed by atoms with Gasteiger partial charge in [0.25, 0.3) is 0 Å². The number of carbonyl (C=O) groups excluding carboxylic acids is 1. The van der Waals surface area contributed by atoms with Crippen LogP contribution in [0.4, 0.5) is 10.8 Å². The molecule has 1 amide bonds. The van der Waals surface area contributed by atoms with Crippen molar-refractivity contribution < 1.29 is 13.2 Å². The van der Waals surface area contributed by atoms with Crippen molar-refractivity contribution in [3.8, 4) is 0 Å². The third kappa shape index (κ3) is 4.45. The van der Waals surface area contributed by atoms with E-state index in [1.807, 2.05) is 37.2 Å². The smallest absolute Gasteiger partial charge is 0.230 e. The Morgan fingerprint density at radius 1 is 1.15 bits per heavy atom. The van der Waals surface area contributed by atoms with Gasteiger partial charge in [-0.1, -0.05) is 30.4 Å². The van der Waals surface area contributed by atoms with Crippen LogP contribution in [0, 0.1) is 0 Å². The van der Waals surface area contributed by atoms with E-state index in [1.165, 1.54) is 11.3 Å². The maximum absolute atomic E-state index is 12.3. The topological polar surface area (TPSA) is 79.4 Å². The highest BCUT2D eigenvalue weighted by molar-refractivity contribution is 7.91. The van der Waals surface area contributed by atoms with Gasteiger partial charge in [0.2, 0.25) is 5.91 Å². The van der Waals surface area contributed by atoms with Gasteiger partial charge in [0.05, 0.1) is 27.3 Å². The first-order valence-corrected chi connectivity index (χ1v) is 10.9. The maximum atomic E-state index is 12.3. The molecule has 1 aromatic heterocycles. The zero-order valence-corrected chi connectivity index (χ0v) is 17.0. The van der Waals surface area contributed by atoms with E-state index in [9.17, 15) is 13.2 Å². The van der Waals surface area contributed by atoms with Crippen molar-refractivity contribution in [2.24, 2.45) is 0 Å². The summed E-state index contributed by atoms with van der Waals surface area (Å²) >= 11 is 1.42. The number of nitrogens with one attached hydrogen (secondary N) is 1. The van der Waals surface area contributed by atoms with Gasteiger partial charge in [-0.05, 0) is 35.9 Å². The number of carbonyl (C=O) groups is 1. The van der Waals surface area contributed by atoms with E-state index in [4.69, 9.17) is 0 Å². The molecule has 1 N–H and O–H groups in total. The first kappa shape index (κ1) is 19.3. The fourth-order valence-electron chi connectivity index (χ4n) is 2.58. The second-order valence-electron chi connectivity index (χ2n) is 6.34. The first-order chi connectivity index (χ1) is 12.8. The summed E-state index contributed by atoms with van der Waals surface area (Å²) in [5.74, 6) is -0.132. The molecule has 8 heteroatoms. The molecule has 0 fully saturated rings. The molecule has 0 aliphatic carbocycles. The van der Waals surface area contributed by atoms with Crippen molar-refractivity contribution in [2.45, 2.75) is 18.2 Å². The second-order valence-corrected chi connectivity index (χ2v) is 9.65. The Hall–Kier alpha value is -2.45. The molecule has 142 valence electrons. The zero-order chi connectivity index (χ0) is 19.6. The van der Waals surface area contributed by atoms with Crippen molar-refractivity contribution >= 4 is 48.1 Å². The predicted molar refractivity (Wildman–Crippen MR) is 110 cm³/mol. The predicted octanol–water partition coefficient (Wildman–Crippen LogP) is 3.34. The number of rotatable bonds is 6. The van der Waals surface area contributed by atoms with E-state index < -0.39 is 9.84 Å². The molecule has 6 nitrogen and oxygen atoms in total. The number of thiazole rings is 1. The lowest BCUT2D eigenvalue weighted by atomic mass is 10.1. The molecule has 3 rings (SSSR count). The third-order valence-electron chi connectivity index (χ3n) is 4.16. The summed E-state index contributed by atoms with van der Waals surface area (Å²) in [6.07, 6.45) is 0.158. The van der Waals surface area contributed by atoms with Crippen molar-refractivity contribution in [3.63, 3.8) is 0 Å². The molecule has 0 aliphatic heterocycles. The molecule has 0 spiro atoms. The van der Waals surface area contributed by atoms with Crippen LogP contribution in [0.5, 0.6) is 0 Å². The van der Waals surface area contributed by atoms with Gasteiger partial charge in [0.1, 0.15) is 0 Å². The van der Waals surface area contributed by atoms with Gasteiger partial charge in [0, 0.05) is 19.8 Å². The first-order valence-electron chi connectivity index (χ1n) is 8.48. The third-order valence-corrected chi connectivity index (χ3v) is 6.86. The Balaban J connectivity index is 1.69. The van der Waals surface area contributed by atoms with Crippen LogP contribution in [0.3, 0.4) is 0 Å². The van der Waals surface area contributed by atoms with Crippen LogP contribution in [0.1, 0.15) is 12.5 Å². The minimum Gasteiger partial charge on any atom is -0.378 e. The van der Waals surface area contributed by atoms with Gasteiger partial charge in [-0.3, -0.25) is 4.79 Å². The lowest BCUT2D eigenvalue weighted by Crippen LogP contribution is -2.14. The molecule has 0 radical (unpaired) electrons. The lowest BCUT2D eigenvalue weighted by molar-refractivity contribution is -0.115. The van der Waals surface area contributed by atoms with Crippen molar-refractivity contribution in [2.75, 3.05) is 30.1 Å². The van der Waals surface area contributed by atoms with Gasteiger partial charge < -0.3 is 10.2 Å². The molecule has 0 aliphatic rings. The number of amides is 1. The second kappa shape index (κ2) is 7.66.